The number of phenolic OH excluding ortho intramolecular Hbond substituents is 1. The van der Waals surface area contributed by atoms with Crippen molar-refractivity contribution in [2.75, 3.05) is 11.1 Å². The summed E-state index contributed by atoms with van der Waals surface area (Å²) in [4.78, 5) is 12.5. The maximum atomic E-state index is 11.8. The Morgan fingerprint density at radius 3 is 2.58 bits per heavy atom. The fourth-order valence-electron chi connectivity index (χ4n) is 1.47. The van der Waals surface area contributed by atoms with E-state index in [4.69, 9.17) is 0 Å². The predicted octanol–water partition coefficient (Wildman–Crippen LogP) is 3.73. The second-order valence-corrected chi connectivity index (χ2v) is 5.96. The van der Waals surface area contributed by atoms with Crippen LogP contribution in [-0.4, -0.2) is 16.8 Å². The molecule has 98 valence electrons. The first-order valence-electron chi connectivity index (χ1n) is 5.62. The van der Waals surface area contributed by atoms with E-state index in [-0.39, 0.29) is 17.4 Å². The summed E-state index contributed by atoms with van der Waals surface area (Å²) >= 11 is 3.49. The lowest BCUT2D eigenvalue weighted by atomic mass is 10.3. The summed E-state index contributed by atoms with van der Waals surface area (Å²) in [6.45, 7) is 0. The largest absolute Gasteiger partial charge is 0.507 e. The molecule has 1 amide bonds. The van der Waals surface area contributed by atoms with Crippen LogP contribution in [0.3, 0.4) is 0 Å². The van der Waals surface area contributed by atoms with Gasteiger partial charge >= 0.3 is 0 Å². The van der Waals surface area contributed by atoms with E-state index in [1.807, 2.05) is 30.3 Å². The van der Waals surface area contributed by atoms with E-state index < -0.39 is 0 Å². The van der Waals surface area contributed by atoms with Crippen molar-refractivity contribution in [3.05, 3.63) is 52.1 Å². The number of hydrogen-bond acceptors (Lipinski definition) is 3. The van der Waals surface area contributed by atoms with Gasteiger partial charge in [0.1, 0.15) is 5.75 Å². The van der Waals surface area contributed by atoms with Gasteiger partial charge in [0.2, 0.25) is 5.91 Å². The van der Waals surface area contributed by atoms with E-state index in [0.717, 1.165) is 9.26 Å². The van der Waals surface area contributed by atoms with Crippen LogP contribution in [0.1, 0.15) is 0 Å². The van der Waals surface area contributed by atoms with Gasteiger partial charge in [0, 0.05) is 8.47 Å². The minimum atomic E-state index is -0.0858. The Kier molecular flexibility index (Phi) is 5.09. The highest BCUT2D eigenvalue weighted by Crippen LogP contribution is 2.27. The molecule has 0 saturated heterocycles. The number of carbonyl (C=O) groups excluding carboxylic acids is 1. The van der Waals surface area contributed by atoms with E-state index in [1.54, 1.807) is 18.2 Å². The van der Waals surface area contributed by atoms with Gasteiger partial charge in [-0.1, -0.05) is 24.3 Å². The molecule has 2 N–H and O–H groups in total. The Hall–Kier alpha value is -1.21. The van der Waals surface area contributed by atoms with Crippen LogP contribution in [0.25, 0.3) is 0 Å². The van der Waals surface area contributed by atoms with Crippen LogP contribution in [0.15, 0.2) is 53.4 Å². The van der Waals surface area contributed by atoms with Gasteiger partial charge in [-0.15, -0.1) is 11.8 Å². The first-order valence-corrected chi connectivity index (χ1v) is 7.68. The number of halogens is 1. The Morgan fingerprint density at radius 1 is 1.16 bits per heavy atom. The van der Waals surface area contributed by atoms with Crippen molar-refractivity contribution in [2.45, 2.75) is 4.90 Å². The average molecular weight is 385 g/mol. The number of aromatic hydroxyl groups is 1. The molecule has 0 aliphatic rings. The fraction of sp³-hybridized carbons (Fsp3) is 0.0714. The number of rotatable bonds is 4. The molecule has 3 nitrogen and oxygen atoms in total. The number of carbonyl (C=O) groups is 1. The molecule has 0 aliphatic carbocycles. The first-order chi connectivity index (χ1) is 9.16. The van der Waals surface area contributed by atoms with Gasteiger partial charge in [0.15, 0.2) is 0 Å². The number of nitrogens with one attached hydrogen (secondary N) is 1. The van der Waals surface area contributed by atoms with Gasteiger partial charge in [-0.25, -0.2) is 0 Å². The number of benzene rings is 2. The molecule has 0 atom stereocenters. The number of amides is 1. The average Bonchev–Trinajstić information content (AvgIpc) is 2.40. The smallest absolute Gasteiger partial charge is 0.234 e. The van der Waals surface area contributed by atoms with Gasteiger partial charge in [-0.05, 0) is 46.9 Å². The Labute approximate surface area is 129 Å². The first kappa shape index (κ1) is 14.2. The van der Waals surface area contributed by atoms with E-state index in [1.165, 1.54) is 11.8 Å². The third-order valence-electron chi connectivity index (χ3n) is 2.37. The molecule has 0 fully saturated rings. The topological polar surface area (TPSA) is 49.3 Å². The molecule has 0 heterocycles. The lowest BCUT2D eigenvalue weighted by molar-refractivity contribution is -0.113. The zero-order valence-corrected chi connectivity index (χ0v) is 12.9. The normalized spacial score (nSPS) is 10.2. The highest BCUT2D eigenvalue weighted by atomic mass is 127. The second kappa shape index (κ2) is 6.81. The summed E-state index contributed by atoms with van der Waals surface area (Å²) in [5, 5.41) is 12.5. The highest BCUT2D eigenvalue weighted by Gasteiger charge is 2.07. The lowest BCUT2D eigenvalue weighted by Gasteiger charge is -2.07. The summed E-state index contributed by atoms with van der Waals surface area (Å²) in [6, 6.07) is 14.6. The SMILES string of the molecule is O=C(CSc1ccccc1O)Nc1ccccc1I. The van der Waals surface area contributed by atoms with Crippen molar-refractivity contribution < 1.29 is 9.90 Å². The molecule has 0 saturated carbocycles. The van der Waals surface area contributed by atoms with E-state index in [0.29, 0.717) is 4.90 Å². The number of thioether (sulfide) groups is 1. The maximum Gasteiger partial charge on any atom is 0.234 e. The van der Waals surface area contributed by atoms with Gasteiger partial charge in [-0.3, -0.25) is 4.79 Å². The molecule has 0 aliphatic heterocycles. The van der Waals surface area contributed by atoms with Crippen LogP contribution >= 0.6 is 34.4 Å². The summed E-state index contributed by atoms with van der Waals surface area (Å²) in [5.74, 6) is 0.384. The van der Waals surface area contributed by atoms with Crippen LogP contribution in [0.2, 0.25) is 0 Å². The monoisotopic (exact) mass is 385 g/mol. The lowest BCUT2D eigenvalue weighted by Crippen LogP contribution is -2.14. The van der Waals surface area contributed by atoms with Gasteiger partial charge in [0.05, 0.1) is 11.4 Å². The van der Waals surface area contributed by atoms with Crippen LogP contribution in [0.4, 0.5) is 5.69 Å². The van der Waals surface area contributed by atoms with Crippen LogP contribution in [0, 0.1) is 3.57 Å². The molecule has 2 rings (SSSR count). The standard InChI is InChI=1S/C14H12INO2S/c15-10-5-1-2-6-11(10)16-14(18)9-19-13-8-4-3-7-12(13)17/h1-8,17H,9H2,(H,16,18). The molecule has 0 bridgehead atoms. The van der Waals surface area contributed by atoms with Crippen LogP contribution < -0.4 is 5.32 Å². The van der Waals surface area contributed by atoms with Crippen molar-refractivity contribution >= 4 is 45.9 Å². The fourth-order valence-corrected chi connectivity index (χ4v) is 2.74. The third-order valence-corrected chi connectivity index (χ3v) is 4.38. The molecule has 2 aromatic carbocycles. The van der Waals surface area contributed by atoms with E-state index >= 15 is 0 Å². The zero-order valence-electron chi connectivity index (χ0n) is 9.97. The minimum Gasteiger partial charge on any atom is -0.507 e. The van der Waals surface area contributed by atoms with Crippen molar-refractivity contribution in [1.82, 2.24) is 0 Å². The highest BCUT2D eigenvalue weighted by molar-refractivity contribution is 14.1. The molecule has 0 aromatic heterocycles. The van der Waals surface area contributed by atoms with Crippen molar-refractivity contribution in [3.63, 3.8) is 0 Å². The molecule has 0 spiro atoms. The molecule has 19 heavy (non-hydrogen) atoms. The van der Waals surface area contributed by atoms with E-state index in [2.05, 4.69) is 27.9 Å². The Balaban J connectivity index is 1.92. The molecular weight excluding hydrogens is 373 g/mol. The van der Waals surface area contributed by atoms with Crippen molar-refractivity contribution in [1.29, 1.82) is 0 Å². The van der Waals surface area contributed by atoms with Crippen LogP contribution in [-0.2, 0) is 4.79 Å². The number of hydrogen-bond donors (Lipinski definition) is 2. The summed E-state index contributed by atoms with van der Waals surface area (Å²) < 4.78 is 1.00. The van der Waals surface area contributed by atoms with Crippen molar-refractivity contribution in [2.24, 2.45) is 0 Å². The van der Waals surface area contributed by atoms with Crippen LogP contribution in [0.5, 0.6) is 5.75 Å². The number of para-hydroxylation sites is 2. The Bertz CT molecular complexity index is 589. The summed E-state index contributed by atoms with van der Waals surface area (Å²) in [7, 11) is 0. The molecule has 0 unspecified atom stereocenters. The molecule has 0 radical (unpaired) electrons. The van der Waals surface area contributed by atoms with Gasteiger partial charge in [0.25, 0.3) is 0 Å². The summed E-state index contributed by atoms with van der Waals surface area (Å²) in [6.07, 6.45) is 0. The molecule has 5 heteroatoms. The molecule has 2 aromatic rings. The number of phenols is 1. The predicted molar refractivity (Wildman–Crippen MR) is 86.6 cm³/mol. The summed E-state index contributed by atoms with van der Waals surface area (Å²) in [5.41, 5.74) is 0.811. The Morgan fingerprint density at radius 2 is 1.84 bits per heavy atom. The van der Waals surface area contributed by atoms with Gasteiger partial charge in [-0.2, -0.15) is 0 Å². The minimum absolute atomic E-state index is 0.0858. The maximum absolute atomic E-state index is 11.8. The number of anilines is 1. The van der Waals surface area contributed by atoms with Crippen molar-refractivity contribution in [3.8, 4) is 5.75 Å². The molecular formula is C14H12INO2S. The van der Waals surface area contributed by atoms with E-state index in [9.17, 15) is 9.90 Å². The second-order valence-electron chi connectivity index (χ2n) is 3.78. The quantitative estimate of drug-likeness (QED) is 0.623. The van der Waals surface area contributed by atoms with Gasteiger partial charge < -0.3 is 10.4 Å². The zero-order chi connectivity index (χ0) is 13.7. The third kappa shape index (κ3) is 4.14.